The predicted octanol–water partition coefficient (Wildman–Crippen LogP) is 9.48. The van der Waals surface area contributed by atoms with Gasteiger partial charge in [0.1, 0.15) is 11.6 Å². The van der Waals surface area contributed by atoms with E-state index < -0.39 is 53.6 Å². The smallest absolute Gasteiger partial charge is 0.461 e. The Balaban J connectivity index is 1.14. The van der Waals surface area contributed by atoms with Crippen molar-refractivity contribution in [3.63, 3.8) is 0 Å². The summed E-state index contributed by atoms with van der Waals surface area (Å²) in [6.07, 6.45) is -4.09. The Morgan fingerprint density at radius 2 is 1.56 bits per heavy atom. The van der Waals surface area contributed by atoms with Crippen molar-refractivity contribution in [3.05, 3.63) is 83.2 Å². The molecule has 0 spiro atoms. The number of aromatic nitrogens is 2. The molecule has 3 aromatic carbocycles. The average Bonchev–Trinajstić information content (AvgIpc) is 3.69. The van der Waals surface area contributed by atoms with Crippen LogP contribution in [0.1, 0.15) is 107 Å². The third-order valence-electron chi connectivity index (χ3n) is 12.6. The molecule has 368 valence electrons. The lowest BCUT2D eigenvalue weighted by atomic mass is 9.79. The topological polar surface area (TPSA) is 195 Å². The van der Waals surface area contributed by atoms with E-state index in [2.05, 4.69) is 26.3 Å². The van der Waals surface area contributed by atoms with E-state index in [9.17, 15) is 51.0 Å². The number of rotatable bonds is 12. The van der Waals surface area contributed by atoms with Crippen LogP contribution in [0.4, 0.5) is 37.2 Å². The molecule has 1 aromatic heterocycles. The number of benzene rings is 3. The highest BCUT2D eigenvalue weighted by atomic mass is 19.4. The van der Waals surface area contributed by atoms with Crippen molar-refractivity contribution in [1.29, 1.82) is 0 Å². The van der Waals surface area contributed by atoms with Gasteiger partial charge in [-0.15, -0.1) is 0 Å². The fraction of sp³-hybridized carbons (Fsp3) is 0.510. The number of likely N-dealkylation sites (tertiary alicyclic amines) is 1. The molecule has 14 nitrogen and oxygen atoms in total. The van der Waals surface area contributed by atoms with Crippen molar-refractivity contribution in [2.75, 3.05) is 18.4 Å². The molecule has 0 radical (unpaired) electrons. The molecular formula is C49H60F5N7O7. The molecule has 1 saturated carbocycles. The highest BCUT2D eigenvalue weighted by Gasteiger charge is 2.61. The first-order chi connectivity index (χ1) is 31.7. The number of hydrogen-bond donors (Lipinski definition) is 6. The van der Waals surface area contributed by atoms with Gasteiger partial charge in [-0.2, -0.15) is 22.0 Å². The Morgan fingerprint density at radius 1 is 0.882 bits per heavy atom. The molecule has 6 N–H and O–H groups in total. The molecule has 0 bridgehead atoms. The lowest BCUT2D eigenvalue weighted by Gasteiger charge is -2.44. The standard InChI is InChI=1S/C49H60F5N7O7/c1-27-22-32(41(63)56-34-20-21-61(45(66)67)39(25-34)46(2,3)4)16-18-35(27)30-12-8-28(9-13-30)23-38(58-40(62)31-14-10-29(11-15-31)26-55-44(65)68-47(5,6)7)42(64)57-33-17-19-36-37(24-33)60-43(59-36)48(50,51)49(52,53)54/h8-9,12-13,16-19,22,24,29,31,34,38-39H,10-11,14-15,20-21,23,25-26H2,1-7H3,(H,55,65)(H,56,63)(H,57,64)(H,58,62)(H,59,60)(H,66,67)/t29-,31-,34?,38-,39?/m0/s1. The van der Waals surface area contributed by atoms with Gasteiger partial charge in [0.05, 0.1) is 11.0 Å². The van der Waals surface area contributed by atoms with Crippen LogP contribution in [0, 0.1) is 24.2 Å². The molecule has 6 rings (SSSR count). The van der Waals surface area contributed by atoms with Gasteiger partial charge < -0.3 is 41.0 Å². The number of alkyl halides is 5. The molecule has 2 fully saturated rings. The molecule has 2 unspecified atom stereocenters. The number of aromatic amines is 1. The first-order valence-corrected chi connectivity index (χ1v) is 22.7. The van der Waals surface area contributed by atoms with Gasteiger partial charge in [0.15, 0.2) is 5.82 Å². The van der Waals surface area contributed by atoms with Crippen LogP contribution < -0.4 is 21.3 Å². The van der Waals surface area contributed by atoms with Crippen molar-refractivity contribution in [2.45, 2.75) is 129 Å². The van der Waals surface area contributed by atoms with Gasteiger partial charge in [-0.3, -0.25) is 14.4 Å². The summed E-state index contributed by atoms with van der Waals surface area (Å²) in [6, 6.07) is 14.7. The second kappa shape index (κ2) is 20.1. The summed E-state index contributed by atoms with van der Waals surface area (Å²) in [7, 11) is 0. The minimum Gasteiger partial charge on any atom is -0.465 e. The van der Waals surface area contributed by atoms with Gasteiger partial charge in [-0.05, 0) is 130 Å². The number of carbonyl (C=O) groups is 5. The Labute approximate surface area is 391 Å². The monoisotopic (exact) mass is 953 g/mol. The van der Waals surface area contributed by atoms with Gasteiger partial charge in [0.25, 0.3) is 5.91 Å². The van der Waals surface area contributed by atoms with Crippen LogP contribution in [0.3, 0.4) is 0 Å². The zero-order valence-electron chi connectivity index (χ0n) is 39.2. The number of halogens is 5. The highest BCUT2D eigenvalue weighted by Crippen LogP contribution is 2.43. The summed E-state index contributed by atoms with van der Waals surface area (Å²) in [6.45, 7) is 13.8. The number of alkyl carbamates (subject to hydrolysis) is 1. The van der Waals surface area contributed by atoms with Crippen LogP contribution in [0.5, 0.6) is 0 Å². The average molecular weight is 954 g/mol. The number of carboxylic acid groups (broad SMARTS) is 1. The Hall–Kier alpha value is -6.27. The third kappa shape index (κ3) is 12.6. The number of ether oxygens (including phenoxy) is 1. The van der Waals surface area contributed by atoms with Crippen LogP contribution in [0.25, 0.3) is 22.2 Å². The summed E-state index contributed by atoms with van der Waals surface area (Å²) < 4.78 is 72.8. The summed E-state index contributed by atoms with van der Waals surface area (Å²) >= 11 is 0. The zero-order chi connectivity index (χ0) is 49.9. The van der Waals surface area contributed by atoms with Gasteiger partial charge >= 0.3 is 24.3 Å². The maximum Gasteiger partial charge on any atom is 0.461 e. The number of aryl methyl sites for hydroxylation is 1. The molecule has 4 aromatic rings. The zero-order valence-corrected chi connectivity index (χ0v) is 39.2. The van der Waals surface area contributed by atoms with E-state index in [4.69, 9.17) is 4.74 Å². The Morgan fingerprint density at radius 3 is 2.16 bits per heavy atom. The summed E-state index contributed by atoms with van der Waals surface area (Å²) in [4.78, 5) is 72.2. The molecule has 68 heavy (non-hydrogen) atoms. The molecule has 2 aliphatic rings. The summed E-state index contributed by atoms with van der Waals surface area (Å²) in [5, 5.41) is 21.2. The van der Waals surface area contributed by atoms with E-state index in [1.165, 1.54) is 17.0 Å². The number of hydrogen-bond acceptors (Lipinski definition) is 7. The van der Waals surface area contributed by atoms with Crippen LogP contribution >= 0.6 is 0 Å². The summed E-state index contributed by atoms with van der Waals surface area (Å²) in [5.74, 6) is -8.44. The van der Waals surface area contributed by atoms with Crippen LogP contribution in [-0.2, 0) is 26.7 Å². The van der Waals surface area contributed by atoms with E-state index in [0.717, 1.165) is 22.8 Å². The van der Waals surface area contributed by atoms with Gasteiger partial charge in [-0.25, -0.2) is 14.6 Å². The highest BCUT2D eigenvalue weighted by molar-refractivity contribution is 5.99. The quantitative estimate of drug-likeness (QED) is 0.0756. The maximum absolute atomic E-state index is 14.1. The van der Waals surface area contributed by atoms with Crippen LogP contribution in [-0.4, -0.2) is 92.9 Å². The lowest BCUT2D eigenvalue weighted by molar-refractivity contribution is -0.292. The van der Waals surface area contributed by atoms with E-state index >= 15 is 0 Å². The first-order valence-electron chi connectivity index (χ1n) is 22.7. The van der Waals surface area contributed by atoms with Crippen LogP contribution in [0.2, 0.25) is 0 Å². The number of fused-ring (bicyclic) bond motifs is 1. The molecular weight excluding hydrogens is 894 g/mol. The van der Waals surface area contributed by atoms with E-state index in [1.807, 2.05) is 50.9 Å². The van der Waals surface area contributed by atoms with E-state index in [-0.39, 0.29) is 58.4 Å². The number of amides is 5. The van der Waals surface area contributed by atoms with E-state index in [1.54, 1.807) is 45.0 Å². The summed E-state index contributed by atoms with van der Waals surface area (Å²) in [5.41, 5.74) is 2.34. The van der Waals surface area contributed by atoms with E-state index in [0.29, 0.717) is 62.7 Å². The number of piperidine rings is 1. The predicted molar refractivity (Wildman–Crippen MR) is 245 cm³/mol. The van der Waals surface area contributed by atoms with Gasteiger partial charge in [-0.1, -0.05) is 51.1 Å². The molecule has 1 aliphatic carbocycles. The number of anilines is 1. The third-order valence-corrected chi connectivity index (χ3v) is 12.6. The van der Waals surface area contributed by atoms with Gasteiger partial charge in [0.2, 0.25) is 11.8 Å². The number of nitrogens with zero attached hydrogens (tertiary/aromatic N) is 2. The van der Waals surface area contributed by atoms with Crippen molar-refractivity contribution in [3.8, 4) is 11.1 Å². The minimum atomic E-state index is -5.89. The molecule has 2 heterocycles. The molecule has 1 saturated heterocycles. The Bertz CT molecular complexity index is 2490. The molecule has 1 aliphatic heterocycles. The molecule has 19 heteroatoms. The molecule has 5 amide bonds. The number of carbonyl (C=O) groups excluding carboxylic acids is 4. The molecule has 3 atom stereocenters. The van der Waals surface area contributed by atoms with Crippen molar-refractivity contribution in [2.24, 2.45) is 17.3 Å². The lowest BCUT2D eigenvalue weighted by Crippen LogP contribution is -2.56. The normalized spacial score (nSPS) is 19.7. The second-order valence-electron chi connectivity index (χ2n) is 20.0. The minimum absolute atomic E-state index is 0.0269. The largest absolute Gasteiger partial charge is 0.465 e. The number of nitrogens with one attached hydrogen (secondary N) is 5. The van der Waals surface area contributed by atoms with Crippen molar-refractivity contribution in [1.82, 2.24) is 30.8 Å². The fourth-order valence-electron chi connectivity index (χ4n) is 8.87. The SMILES string of the molecule is Cc1cc(C(=O)NC2CCN(C(=O)O)C(C(C)(C)C)C2)ccc1-c1ccc(C[C@H](NC(=O)[C@H]2CC[C@H](CNC(=O)OC(C)(C)C)CC2)C(=O)Nc2ccc3[nH]c(C(F)(F)C(F)(F)F)nc3c2)cc1. The fourth-order valence-corrected chi connectivity index (χ4v) is 8.87. The van der Waals surface area contributed by atoms with Crippen molar-refractivity contribution < 1.29 is 55.8 Å². The Kier molecular flexibility index (Phi) is 15.1. The maximum atomic E-state index is 14.1. The number of imidazole rings is 1. The van der Waals surface area contributed by atoms with Crippen molar-refractivity contribution >= 4 is 46.6 Å². The second-order valence-corrected chi connectivity index (χ2v) is 20.0. The van der Waals surface area contributed by atoms with Gasteiger partial charge in [0, 0.05) is 48.8 Å². The number of H-pyrrole nitrogens is 1. The first kappa shape index (κ1) is 51.1. The van der Waals surface area contributed by atoms with Crippen LogP contribution in [0.15, 0.2) is 60.7 Å².